The zero-order valence-corrected chi connectivity index (χ0v) is 16.7. The largest absolute Gasteiger partial charge is 0.484 e. The molecule has 0 aliphatic rings. The number of hydrogen-bond donors (Lipinski definition) is 1. The molecule has 0 saturated carbocycles. The van der Waals surface area contributed by atoms with Gasteiger partial charge in [0.2, 0.25) is 5.82 Å². The van der Waals surface area contributed by atoms with Crippen LogP contribution >= 0.6 is 0 Å². The zero-order valence-electron chi connectivity index (χ0n) is 16.7. The van der Waals surface area contributed by atoms with Crippen LogP contribution in [0.25, 0.3) is 11.4 Å². The Hall–Kier alpha value is -4.13. The molecule has 31 heavy (non-hydrogen) atoms. The summed E-state index contributed by atoms with van der Waals surface area (Å²) in [5.41, 5.74) is 1.65. The molecule has 1 N–H and O–H groups in total. The van der Waals surface area contributed by atoms with Crippen molar-refractivity contribution in [2.75, 3.05) is 6.61 Å². The molecule has 4 aromatic rings. The number of carbonyl (C=O) groups is 1. The highest BCUT2D eigenvalue weighted by atomic mass is 16.5. The Kier molecular flexibility index (Phi) is 6.54. The Morgan fingerprint density at radius 1 is 0.871 bits per heavy atom. The Bertz CT molecular complexity index is 1110. The first-order valence-electron chi connectivity index (χ1n) is 9.81. The molecular formula is C24H21N3O4. The van der Waals surface area contributed by atoms with Gasteiger partial charge in [-0.3, -0.25) is 4.79 Å². The second-order valence-corrected chi connectivity index (χ2v) is 6.66. The van der Waals surface area contributed by atoms with Crippen molar-refractivity contribution in [1.29, 1.82) is 0 Å². The van der Waals surface area contributed by atoms with E-state index in [1.807, 2.05) is 78.9 Å². The van der Waals surface area contributed by atoms with Crippen molar-refractivity contribution in [3.05, 3.63) is 96.4 Å². The highest BCUT2D eigenvalue weighted by Crippen LogP contribution is 2.27. The Labute approximate surface area is 179 Å². The quantitative estimate of drug-likeness (QED) is 0.445. The lowest BCUT2D eigenvalue weighted by Gasteiger charge is -2.10. The number of ether oxygens (including phenoxy) is 2. The summed E-state index contributed by atoms with van der Waals surface area (Å²) in [5, 5.41) is 6.85. The van der Waals surface area contributed by atoms with Crippen LogP contribution in [0.2, 0.25) is 0 Å². The van der Waals surface area contributed by atoms with E-state index in [1.165, 1.54) is 0 Å². The molecule has 0 saturated heterocycles. The highest BCUT2D eigenvalue weighted by Gasteiger charge is 2.15. The van der Waals surface area contributed by atoms with E-state index in [0.717, 1.165) is 5.56 Å². The van der Waals surface area contributed by atoms with Gasteiger partial charge in [-0.25, -0.2) is 0 Å². The van der Waals surface area contributed by atoms with Crippen LogP contribution in [0.1, 0.15) is 11.5 Å². The molecule has 0 aliphatic carbocycles. The second-order valence-electron chi connectivity index (χ2n) is 6.66. The molecule has 0 radical (unpaired) electrons. The third-order valence-corrected chi connectivity index (χ3v) is 4.39. The number of para-hydroxylation sites is 2. The lowest BCUT2D eigenvalue weighted by atomic mass is 10.2. The van der Waals surface area contributed by atoms with Gasteiger partial charge in [0, 0.05) is 6.54 Å². The number of aromatic nitrogens is 2. The third-order valence-electron chi connectivity index (χ3n) is 4.39. The molecule has 1 heterocycles. The van der Waals surface area contributed by atoms with Crippen LogP contribution in [0.4, 0.5) is 0 Å². The molecule has 0 unspecified atom stereocenters. The van der Waals surface area contributed by atoms with Crippen molar-refractivity contribution < 1.29 is 18.8 Å². The van der Waals surface area contributed by atoms with E-state index in [-0.39, 0.29) is 19.1 Å². The number of amides is 1. The van der Waals surface area contributed by atoms with Crippen LogP contribution in [0.15, 0.2) is 89.5 Å². The van der Waals surface area contributed by atoms with Crippen molar-refractivity contribution in [3.63, 3.8) is 0 Å². The maximum Gasteiger partial charge on any atom is 0.264 e. The van der Waals surface area contributed by atoms with Crippen LogP contribution in [0, 0.1) is 0 Å². The average molecular weight is 415 g/mol. The Morgan fingerprint density at radius 3 is 2.39 bits per heavy atom. The van der Waals surface area contributed by atoms with Gasteiger partial charge in [-0.15, -0.1) is 0 Å². The molecule has 7 nitrogen and oxygen atoms in total. The predicted molar refractivity (Wildman–Crippen MR) is 114 cm³/mol. The van der Waals surface area contributed by atoms with Gasteiger partial charge >= 0.3 is 0 Å². The molecule has 1 aromatic heterocycles. The average Bonchev–Trinajstić information content (AvgIpc) is 3.30. The smallest absolute Gasteiger partial charge is 0.264 e. The number of carbonyl (C=O) groups excluding carboxylic acids is 1. The van der Waals surface area contributed by atoms with E-state index in [4.69, 9.17) is 14.0 Å². The first-order chi connectivity index (χ1) is 15.3. The summed E-state index contributed by atoms with van der Waals surface area (Å²) in [5.74, 6) is 1.70. The molecule has 4 rings (SSSR count). The van der Waals surface area contributed by atoms with Gasteiger partial charge in [0.1, 0.15) is 11.5 Å². The summed E-state index contributed by atoms with van der Waals surface area (Å²) in [6, 6.07) is 26.3. The minimum atomic E-state index is -0.219. The molecule has 7 heteroatoms. The second kappa shape index (κ2) is 10.1. The van der Waals surface area contributed by atoms with E-state index in [9.17, 15) is 4.79 Å². The van der Waals surface area contributed by atoms with Crippen molar-refractivity contribution in [3.8, 4) is 22.9 Å². The summed E-state index contributed by atoms with van der Waals surface area (Å²) in [7, 11) is 0. The van der Waals surface area contributed by atoms with E-state index in [2.05, 4.69) is 15.5 Å². The Balaban J connectivity index is 1.35. The number of nitrogens with zero attached hydrogens (tertiary/aromatic N) is 2. The van der Waals surface area contributed by atoms with Crippen LogP contribution in [-0.2, 0) is 17.9 Å². The lowest BCUT2D eigenvalue weighted by Crippen LogP contribution is -2.28. The molecular weight excluding hydrogens is 394 g/mol. The normalized spacial score (nSPS) is 10.5. The summed E-state index contributed by atoms with van der Waals surface area (Å²) in [6.45, 7) is 0.480. The topological polar surface area (TPSA) is 86.5 Å². The summed E-state index contributed by atoms with van der Waals surface area (Å²) < 4.78 is 16.6. The van der Waals surface area contributed by atoms with E-state index < -0.39 is 0 Å². The zero-order chi connectivity index (χ0) is 21.3. The minimum Gasteiger partial charge on any atom is -0.484 e. The monoisotopic (exact) mass is 415 g/mol. The molecule has 0 bridgehead atoms. The predicted octanol–water partition coefficient (Wildman–Crippen LogP) is 4.01. The van der Waals surface area contributed by atoms with Crippen LogP contribution in [-0.4, -0.2) is 22.7 Å². The fraction of sp³-hybridized carbons (Fsp3) is 0.125. The molecule has 156 valence electrons. The molecule has 0 aliphatic heterocycles. The first kappa shape index (κ1) is 20.2. The fourth-order valence-electron chi connectivity index (χ4n) is 2.85. The van der Waals surface area contributed by atoms with Gasteiger partial charge in [0.05, 0.1) is 5.56 Å². The van der Waals surface area contributed by atoms with Gasteiger partial charge < -0.3 is 19.3 Å². The highest BCUT2D eigenvalue weighted by molar-refractivity contribution is 5.78. The van der Waals surface area contributed by atoms with Gasteiger partial charge in [-0.1, -0.05) is 65.8 Å². The van der Waals surface area contributed by atoms with Crippen LogP contribution < -0.4 is 14.8 Å². The number of hydrogen-bond acceptors (Lipinski definition) is 6. The molecule has 0 fully saturated rings. The van der Waals surface area contributed by atoms with E-state index in [0.29, 0.717) is 35.3 Å². The third kappa shape index (κ3) is 5.70. The van der Waals surface area contributed by atoms with Gasteiger partial charge in [0.25, 0.3) is 11.8 Å². The summed E-state index contributed by atoms with van der Waals surface area (Å²) in [4.78, 5) is 16.5. The lowest BCUT2D eigenvalue weighted by molar-refractivity contribution is -0.123. The maximum atomic E-state index is 12.2. The summed E-state index contributed by atoms with van der Waals surface area (Å²) in [6.07, 6.45) is 0. The van der Waals surface area contributed by atoms with E-state index >= 15 is 0 Å². The van der Waals surface area contributed by atoms with Crippen molar-refractivity contribution in [2.24, 2.45) is 0 Å². The van der Waals surface area contributed by atoms with Crippen LogP contribution in [0.5, 0.6) is 11.5 Å². The molecule has 1 amide bonds. The van der Waals surface area contributed by atoms with E-state index in [1.54, 1.807) is 6.07 Å². The summed E-state index contributed by atoms with van der Waals surface area (Å²) >= 11 is 0. The van der Waals surface area contributed by atoms with Crippen LogP contribution in [0.3, 0.4) is 0 Å². The Morgan fingerprint density at radius 2 is 1.58 bits per heavy atom. The number of benzene rings is 3. The molecule has 3 aromatic carbocycles. The standard InChI is InChI=1S/C24H21N3O4/c28-22(25-15-18-9-3-1-4-10-18)16-30-21-14-8-7-13-20(21)24-26-23(31-27-24)17-29-19-11-5-2-6-12-19/h1-14H,15-17H2,(H,25,28). The maximum absolute atomic E-state index is 12.2. The van der Waals surface area contributed by atoms with Crippen molar-refractivity contribution in [1.82, 2.24) is 15.5 Å². The SMILES string of the molecule is O=C(COc1ccccc1-c1noc(COc2ccccc2)n1)NCc1ccccc1. The van der Waals surface area contributed by atoms with Gasteiger partial charge in [0.15, 0.2) is 13.2 Å². The van der Waals surface area contributed by atoms with Crippen molar-refractivity contribution >= 4 is 5.91 Å². The van der Waals surface area contributed by atoms with Gasteiger partial charge in [-0.05, 0) is 29.8 Å². The molecule has 0 atom stereocenters. The van der Waals surface area contributed by atoms with Crippen molar-refractivity contribution in [2.45, 2.75) is 13.2 Å². The van der Waals surface area contributed by atoms with Gasteiger partial charge in [-0.2, -0.15) is 4.98 Å². The number of rotatable bonds is 9. The minimum absolute atomic E-state index is 0.119. The fourth-order valence-corrected chi connectivity index (χ4v) is 2.85. The number of nitrogens with one attached hydrogen (secondary N) is 1. The molecule has 0 spiro atoms. The first-order valence-corrected chi connectivity index (χ1v) is 9.81.